The van der Waals surface area contributed by atoms with E-state index in [1.807, 2.05) is 0 Å². The van der Waals surface area contributed by atoms with E-state index in [-0.39, 0.29) is 12.5 Å². The summed E-state index contributed by atoms with van der Waals surface area (Å²) in [5.74, 6) is -0.181. The van der Waals surface area contributed by atoms with E-state index in [1.54, 1.807) is 6.92 Å². The van der Waals surface area contributed by atoms with E-state index >= 15 is 0 Å². The van der Waals surface area contributed by atoms with E-state index in [1.165, 1.54) is 6.07 Å². The Labute approximate surface area is 91.0 Å². The number of hydrogen-bond acceptors (Lipinski definition) is 1. The van der Waals surface area contributed by atoms with Crippen LogP contribution in [0.15, 0.2) is 18.2 Å². The van der Waals surface area contributed by atoms with Crippen molar-refractivity contribution in [3.63, 3.8) is 0 Å². The van der Waals surface area contributed by atoms with Crippen molar-refractivity contribution in [2.75, 3.05) is 6.54 Å². The van der Waals surface area contributed by atoms with Crippen LogP contribution >= 0.6 is 11.6 Å². The number of halogens is 4. The summed E-state index contributed by atoms with van der Waals surface area (Å²) in [6.45, 7) is 2.00. The van der Waals surface area contributed by atoms with Gasteiger partial charge in [0.2, 0.25) is 0 Å². The van der Waals surface area contributed by atoms with Gasteiger partial charge in [-0.1, -0.05) is 18.5 Å². The first-order valence-corrected chi connectivity index (χ1v) is 4.80. The first kappa shape index (κ1) is 12.3. The van der Waals surface area contributed by atoms with Crippen molar-refractivity contribution < 1.29 is 13.2 Å². The van der Waals surface area contributed by atoms with E-state index in [4.69, 9.17) is 17.3 Å². The largest absolute Gasteiger partial charge is 0.416 e. The van der Waals surface area contributed by atoms with Gasteiger partial charge in [-0.2, -0.15) is 13.2 Å². The maximum absolute atomic E-state index is 12.4. The fraction of sp³-hybridized carbons (Fsp3) is 0.400. The molecule has 84 valence electrons. The molecule has 0 fully saturated rings. The molecule has 0 amide bonds. The van der Waals surface area contributed by atoms with Gasteiger partial charge >= 0.3 is 6.18 Å². The van der Waals surface area contributed by atoms with Gasteiger partial charge < -0.3 is 5.73 Å². The second kappa shape index (κ2) is 4.41. The number of rotatable bonds is 2. The fourth-order valence-corrected chi connectivity index (χ4v) is 1.53. The molecule has 0 aromatic heterocycles. The highest BCUT2D eigenvalue weighted by molar-refractivity contribution is 6.31. The molecule has 0 aliphatic heterocycles. The molecule has 5 heteroatoms. The van der Waals surface area contributed by atoms with Gasteiger partial charge in [-0.15, -0.1) is 0 Å². The third-order valence-corrected chi connectivity index (χ3v) is 2.55. The minimum Gasteiger partial charge on any atom is -0.330 e. The minimum absolute atomic E-state index is 0.181. The van der Waals surface area contributed by atoms with Crippen molar-refractivity contribution in [2.45, 2.75) is 19.0 Å². The van der Waals surface area contributed by atoms with Crippen LogP contribution in [0, 0.1) is 0 Å². The summed E-state index contributed by atoms with van der Waals surface area (Å²) < 4.78 is 37.2. The van der Waals surface area contributed by atoms with Crippen LogP contribution in [0.5, 0.6) is 0 Å². The molecule has 0 bridgehead atoms. The first-order chi connectivity index (χ1) is 6.86. The first-order valence-electron chi connectivity index (χ1n) is 4.43. The molecular weight excluding hydrogens is 227 g/mol. The van der Waals surface area contributed by atoms with E-state index in [0.717, 1.165) is 12.1 Å². The van der Waals surface area contributed by atoms with Gasteiger partial charge in [0.25, 0.3) is 0 Å². The van der Waals surface area contributed by atoms with E-state index < -0.39 is 11.7 Å². The lowest BCUT2D eigenvalue weighted by atomic mass is 9.99. The normalized spacial score (nSPS) is 14.0. The Kier molecular flexibility index (Phi) is 3.62. The lowest BCUT2D eigenvalue weighted by Crippen LogP contribution is -2.11. The van der Waals surface area contributed by atoms with Gasteiger partial charge in [0.05, 0.1) is 5.56 Å². The smallest absolute Gasteiger partial charge is 0.330 e. The van der Waals surface area contributed by atoms with Crippen molar-refractivity contribution in [3.8, 4) is 0 Å². The zero-order chi connectivity index (χ0) is 11.6. The molecule has 0 aliphatic rings. The second-order valence-electron chi connectivity index (χ2n) is 3.37. The fourth-order valence-electron chi connectivity index (χ4n) is 1.22. The van der Waals surface area contributed by atoms with Gasteiger partial charge in [0.1, 0.15) is 0 Å². The quantitative estimate of drug-likeness (QED) is 0.838. The molecule has 0 radical (unpaired) electrons. The summed E-state index contributed by atoms with van der Waals surface area (Å²) in [6.07, 6.45) is -4.34. The van der Waals surface area contributed by atoms with Crippen molar-refractivity contribution in [1.29, 1.82) is 0 Å². The van der Waals surface area contributed by atoms with E-state index in [2.05, 4.69) is 0 Å². The van der Waals surface area contributed by atoms with Crippen LogP contribution in [0.25, 0.3) is 0 Å². The Balaban J connectivity index is 3.17. The van der Waals surface area contributed by atoms with Crippen LogP contribution in [-0.4, -0.2) is 6.54 Å². The molecule has 1 aromatic rings. The summed E-state index contributed by atoms with van der Waals surface area (Å²) in [5, 5.41) is 0.320. The summed E-state index contributed by atoms with van der Waals surface area (Å²) in [4.78, 5) is 0. The average molecular weight is 238 g/mol. The molecule has 0 spiro atoms. The monoisotopic (exact) mass is 237 g/mol. The van der Waals surface area contributed by atoms with Crippen molar-refractivity contribution in [1.82, 2.24) is 0 Å². The van der Waals surface area contributed by atoms with Gasteiger partial charge in [-0.25, -0.2) is 0 Å². The SMILES string of the molecule is CC(CN)c1cc(C(F)(F)F)ccc1Cl. The predicted octanol–water partition coefficient (Wildman–Crippen LogP) is 3.42. The van der Waals surface area contributed by atoms with Crippen LogP contribution in [-0.2, 0) is 6.18 Å². The molecule has 1 atom stereocenters. The van der Waals surface area contributed by atoms with Crippen LogP contribution < -0.4 is 5.73 Å². The molecule has 0 heterocycles. The average Bonchev–Trinajstić information content (AvgIpc) is 2.15. The van der Waals surface area contributed by atoms with Crippen LogP contribution in [0.2, 0.25) is 5.02 Å². The van der Waals surface area contributed by atoms with E-state index in [0.29, 0.717) is 10.6 Å². The summed E-state index contributed by atoms with van der Waals surface area (Å²) in [7, 11) is 0. The molecule has 0 aliphatic carbocycles. The zero-order valence-electron chi connectivity index (χ0n) is 8.11. The molecule has 2 N–H and O–H groups in total. The van der Waals surface area contributed by atoms with Gasteiger partial charge in [-0.3, -0.25) is 0 Å². The summed E-state index contributed by atoms with van der Waals surface area (Å²) >= 11 is 5.80. The molecule has 1 nitrogen and oxygen atoms in total. The topological polar surface area (TPSA) is 26.0 Å². The number of alkyl halides is 3. The molecule has 0 saturated carbocycles. The molecule has 1 unspecified atom stereocenters. The molecule has 1 rings (SSSR count). The van der Waals surface area contributed by atoms with E-state index in [9.17, 15) is 13.2 Å². The third-order valence-electron chi connectivity index (χ3n) is 2.21. The Morgan fingerprint density at radius 3 is 2.47 bits per heavy atom. The summed E-state index contributed by atoms with van der Waals surface area (Å²) in [5.41, 5.74) is 5.14. The van der Waals surface area contributed by atoms with Crippen molar-refractivity contribution in [3.05, 3.63) is 34.3 Å². The highest BCUT2D eigenvalue weighted by Gasteiger charge is 2.31. The number of hydrogen-bond donors (Lipinski definition) is 1. The lowest BCUT2D eigenvalue weighted by Gasteiger charge is -2.14. The number of benzene rings is 1. The minimum atomic E-state index is -4.34. The molecule has 15 heavy (non-hydrogen) atoms. The molecular formula is C10H11ClF3N. The zero-order valence-corrected chi connectivity index (χ0v) is 8.86. The van der Waals surface area contributed by atoms with Crippen LogP contribution in [0.3, 0.4) is 0 Å². The van der Waals surface area contributed by atoms with Crippen molar-refractivity contribution in [2.24, 2.45) is 5.73 Å². The van der Waals surface area contributed by atoms with Crippen LogP contribution in [0.1, 0.15) is 24.0 Å². The molecule has 1 aromatic carbocycles. The number of nitrogens with two attached hydrogens (primary N) is 1. The lowest BCUT2D eigenvalue weighted by molar-refractivity contribution is -0.137. The third kappa shape index (κ3) is 2.86. The Bertz CT molecular complexity index is 349. The second-order valence-corrected chi connectivity index (χ2v) is 3.78. The maximum Gasteiger partial charge on any atom is 0.416 e. The van der Waals surface area contributed by atoms with Gasteiger partial charge in [0, 0.05) is 5.02 Å². The Hall–Kier alpha value is -0.740. The Morgan fingerprint density at radius 1 is 1.40 bits per heavy atom. The molecule has 0 saturated heterocycles. The highest BCUT2D eigenvalue weighted by Crippen LogP contribution is 2.33. The van der Waals surface area contributed by atoms with Gasteiger partial charge in [-0.05, 0) is 36.2 Å². The van der Waals surface area contributed by atoms with Crippen LogP contribution in [0.4, 0.5) is 13.2 Å². The Morgan fingerprint density at radius 2 is 2.00 bits per heavy atom. The van der Waals surface area contributed by atoms with Crippen molar-refractivity contribution >= 4 is 11.6 Å². The predicted molar refractivity (Wildman–Crippen MR) is 53.9 cm³/mol. The standard InChI is InChI=1S/C10H11ClF3N/c1-6(5-15)8-4-7(10(12,13)14)2-3-9(8)11/h2-4,6H,5,15H2,1H3. The highest BCUT2D eigenvalue weighted by atomic mass is 35.5. The van der Waals surface area contributed by atoms with Gasteiger partial charge in [0.15, 0.2) is 0 Å². The summed E-state index contributed by atoms with van der Waals surface area (Å²) in [6, 6.07) is 3.28. The maximum atomic E-state index is 12.4.